The van der Waals surface area contributed by atoms with Gasteiger partial charge in [0.15, 0.2) is 0 Å². The van der Waals surface area contributed by atoms with Crippen LogP contribution in [0.25, 0.3) is 6.08 Å². The Morgan fingerprint density at radius 3 is 2.86 bits per heavy atom. The van der Waals surface area contributed by atoms with Crippen LogP contribution in [-0.2, 0) is 6.54 Å². The maximum Gasteiger partial charge on any atom is 0.339 e. The predicted molar refractivity (Wildman–Crippen MR) is 49.6 cm³/mol. The molecule has 0 bridgehead atoms. The van der Waals surface area contributed by atoms with E-state index in [2.05, 4.69) is 5.10 Å². The third-order valence-electron chi connectivity index (χ3n) is 1.68. The lowest BCUT2D eigenvalue weighted by Gasteiger charge is -1.90. The zero-order valence-electron chi connectivity index (χ0n) is 7.99. The minimum absolute atomic E-state index is 0.0175. The Labute approximate surface area is 80.7 Å². The van der Waals surface area contributed by atoms with Gasteiger partial charge in [-0.25, -0.2) is 9.18 Å². The van der Waals surface area contributed by atoms with Gasteiger partial charge in [-0.1, -0.05) is 0 Å². The van der Waals surface area contributed by atoms with Crippen molar-refractivity contribution in [1.82, 2.24) is 9.78 Å². The Hall–Kier alpha value is -1.65. The quantitative estimate of drug-likeness (QED) is 0.807. The van der Waals surface area contributed by atoms with Gasteiger partial charge in [0.05, 0.1) is 5.83 Å². The van der Waals surface area contributed by atoms with E-state index in [1.807, 2.05) is 6.92 Å². The van der Waals surface area contributed by atoms with Crippen LogP contribution in [0.1, 0.15) is 29.9 Å². The van der Waals surface area contributed by atoms with Crippen molar-refractivity contribution in [3.8, 4) is 0 Å². The summed E-state index contributed by atoms with van der Waals surface area (Å²) < 4.78 is 14.0. The molecule has 0 saturated carbocycles. The molecule has 0 atom stereocenters. The van der Waals surface area contributed by atoms with Gasteiger partial charge in [0, 0.05) is 12.7 Å². The molecule has 0 fully saturated rings. The van der Waals surface area contributed by atoms with Crippen LogP contribution in [0.3, 0.4) is 0 Å². The van der Waals surface area contributed by atoms with E-state index in [9.17, 15) is 9.18 Å². The maximum absolute atomic E-state index is 12.6. The normalized spacial score (nSPS) is 11.8. The van der Waals surface area contributed by atoms with Gasteiger partial charge in [-0.3, -0.25) is 4.68 Å². The number of carbonyl (C=O) groups is 1. The lowest BCUT2D eigenvalue weighted by atomic mass is 10.2. The highest BCUT2D eigenvalue weighted by Crippen LogP contribution is 2.12. The number of aryl methyl sites for hydroxylation is 1. The Balaban J connectivity index is 3.19. The first kappa shape index (κ1) is 10.4. The molecule has 1 aromatic heterocycles. The molecule has 1 heterocycles. The number of hydrogen-bond acceptors (Lipinski definition) is 2. The first-order valence-electron chi connectivity index (χ1n) is 4.19. The van der Waals surface area contributed by atoms with Crippen molar-refractivity contribution in [2.24, 2.45) is 0 Å². The van der Waals surface area contributed by atoms with Crippen molar-refractivity contribution in [2.75, 3.05) is 0 Å². The largest absolute Gasteiger partial charge is 0.478 e. The van der Waals surface area contributed by atoms with Gasteiger partial charge < -0.3 is 5.11 Å². The number of hydrogen-bond donors (Lipinski definition) is 1. The summed E-state index contributed by atoms with van der Waals surface area (Å²) in [5.74, 6) is -1.56. The molecule has 0 aliphatic carbocycles. The molecule has 0 aromatic carbocycles. The fourth-order valence-corrected chi connectivity index (χ4v) is 1.06. The number of halogens is 1. The first-order chi connectivity index (χ1) is 6.54. The lowest BCUT2D eigenvalue weighted by Crippen LogP contribution is -1.96. The number of aromatic carboxylic acids is 1. The fourth-order valence-electron chi connectivity index (χ4n) is 1.06. The van der Waals surface area contributed by atoms with E-state index in [1.165, 1.54) is 17.8 Å². The van der Waals surface area contributed by atoms with Gasteiger partial charge in [-0.15, -0.1) is 0 Å². The van der Waals surface area contributed by atoms with Crippen LogP contribution in [0.2, 0.25) is 0 Å². The van der Waals surface area contributed by atoms with Gasteiger partial charge in [0.1, 0.15) is 11.3 Å². The van der Waals surface area contributed by atoms with Crippen molar-refractivity contribution in [3.63, 3.8) is 0 Å². The third-order valence-corrected chi connectivity index (χ3v) is 1.68. The van der Waals surface area contributed by atoms with Crippen LogP contribution in [0, 0.1) is 0 Å². The van der Waals surface area contributed by atoms with Crippen molar-refractivity contribution < 1.29 is 14.3 Å². The van der Waals surface area contributed by atoms with E-state index < -0.39 is 11.8 Å². The summed E-state index contributed by atoms with van der Waals surface area (Å²) >= 11 is 0. The van der Waals surface area contributed by atoms with Crippen LogP contribution in [-0.4, -0.2) is 20.9 Å². The van der Waals surface area contributed by atoms with Crippen LogP contribution >= 0.6 is 0 Å². The highest BCUT2D eigenvalue weighted by molar-refractivity contribution is 5.91. The van der Waals surface area contributed by atoms with E-state index in [4.69, 9.17) is 5.11 Å². The van der Waals surface area contributed by atoms with Crippen molar-refractivity contribution in [2.45, 2.75) is 20.4 Å². The number of rotatable bonds is 3. The molecule has 4 nitrogen and oxygen atoms in total. The zero-order valence-corrected chi connectivity index (χ0v) is 7.99. The summed E-state index contributed by atoms with van der Waals surface area (Å²) in [5, 5.41) is 12.7. The molecule has 0 unspecified atom stereocenters. The Bertz CT molecular complexity index is 378. The first-order valence-corrected chi connectivity index (χ1v) is 4.19. The van der Waals surface area contributed by atoms with Crippen LogP contribution in [0.5, 0.6) is 0 Å². The SMILES string of the molecule is CCn1cc(C(=O)O)c(/C=C(/C)F)n1. The summed E-state index contributed by atoms with van der Waals surface area (Å²) in [6.07, 6.45) is 2.49. The average molecular weight is 198 g/mol. The molecule has 5 heteroatoms. The molecule has 1 rings (SSSR count). The molecule has 0 spiro atoms. The predicted octanol–water partition coefficient (Wildman–Crippen LogP) is 1.93. The topological polar surface area (TPSA) is 55.1 Å². The summed E-state index contributed by atoms with van der Waals surface area (Å²) in [6.45, 7) is 3.63. The van der Waals surface area contributed by atoms with Crippen LogP contribution in [0.4, 0.5) is 4.39 Å². The second kappa shape index (κ2) is 4.04. The van der Waals surface area contributed by atoms with E-state index in [0.717, 1.165) is 6.08 Å². The molecular weight excluding hydrogens is 187 g/mol. The van der Waals surface area contributed by atoms with Gasteiger partial charge in [-0.2, -0.15) is 5.10 Å². The number of carboxylic acid groups (broad SMARTS) is 1. The second-order valence-corrected chi connectivity index (χ2v) is 2.82. The van der Waals surface area contributed by atoms with E-state index in [0.29, 0.717) is 6.54 Å². The van der Waals surface area contributed by atoms with E-state index in [-0.39, 0.29) is 11.3 Å². The van der Waals surface area contributed by atoms with Crippen molar-refractivity contribution >= 4 is 12.0 Å². The number of nitrogens with zero attached hydrogens (tertiary/aromatic N) is 2. The van der Waals surface area contributed by atoms with E-state index in [1.54, 1.807) is 0 Å². The summed E-state index contributed by atoms with van der Waals surface area (Å²) in [7, 11) is 0. The smallest absolute Gasteiger partial charge is 0.339 e. The van der Waals surface area contributed by atoms with Crippen LogP contribution in [0.15, 0.2) is 12.0 Å². The van der Waals surface area contributed by atoms with Gasteiger partial charge >= 0.3 is 5.97 Å². The molecule has 76 valence electrons. The monoisotopic (exact) mass is 198 g/mol. The van der Waals surface area contributed by atoms with Crippen molar-refractivity contribution in [1.29, 1.82) is 0 Å². The molecular formula is C9H11FN2O2. The summed E-state index contributed by atoms with van der Waals surface area (Å²) in [4.78, 5) is 10.7. The minimum Gasteiger partial charge on any atom is -0.478 e. The maximum atomic E-state index is 12.6. The molecule has 14 heavy (non-hydrogen) atoms. The standard InChI is InChI=1S/C9H11FN2O2/c1-3-12-5-7(9(13)14)8(11-12)4-6(2)10/h4-5H,3H2,1-2H3,(H,13,14)/b6-4-. The third kappa shape index (κ3) is 2.18. The highest BCUT2D eigenvalue weighted by atomic mass is 19.1. The van der Waals surface area contributed by atoms with Gasteiger partial charge in [0.25, 0.3) is 0 Å². The number of aromatic nitrogens is 2. The Kier molecular flexibility index (Phi) is 3.01. The molecule has 0 aliphatic rings. The highest BCUT2D eigenvalue weighted by Gasteiger charge is 2.13. The molecule has 1 aromatic rings. The average Bonchev–Trinajstić information content (AvgIpc) is 2.46. The molecule has 0 amide bonds. The number of allylic oxidation sites excluding steroid dienone is 1. The Morgan fingerprint density at radius 2 is 2.43 bits per heavy atom. The second-order valence-electron chi connectivity index (χ2n) is 2.82. The fraction of sp³-hybridized carbons (Fsp3) is 0.333. The minimum atomic E-state index is -1.10. The Morgan fingerprint density at radius 1 is 1.79 bits per heavy atom. The summed E-state index contributed by atoms with van der Waals surface area (Å²) in [5.41, 5.74) is 0.170. The van der Waals surface area contributed by atoms with Gasteiger partial charge in [0.2, 0.25) is 0 Å². The van der Waals surface area contributed by atoms with E-state index >= 15 is 0 Å². The van der Waals surface area contributed by atoms with Crippen molar-refractivity contribution in [3.05, 3.63) is 23.3 Å². The molecule has 1 N–H and O–H groups in total. The lowest BCUT2D eigenvalue weighted by molar-refractivity contribution is 0.0696. The van der Waals surface area contributed by atoms with Gasteiger partial charge in [-0.05, 0) is 19.9 Å². The zero-order chi connectivity index (χ0) is 10.7. The molecule has 0 radical (unpaired) electrons. The van der Waals surface area contributed by atoms with Crippen LogP contribution < -0.4 is 0 Å². The number of carboxylic acids is 1. The molecule has 0 aliphatic heterocycles. The summed E-state index contributed by atoms with van der Waals surface area (Å²) in [6, 6.07) is 0. The molecule has 0 saturated heterocycles.